The predicted molar refractivity (Wildman–Crippen MR) is 58.2 cm³/mol. The van der Waals surface area contributed by atoms with E-state index in [9.17, 15) is 0 Å². The fourth-order valence-corrected chi connectivity index (χ4v) is 2.23. The summed E-state index contributed by atoms with van der Waals surface area (Å²) in [5.74, 6) is 0.427. The van der Waals surface area contributed by atoms with E-state index in [0.29, 0.717) is 5.88 Å². The van der Waals surface area contributed by atoms with E-state index in [1.54, 1.807) is 11.3 Å². The second kappa shape index (κ2) is 3.84. The number of aryl methyl sites for hydroxylation is 1. The topological polar surface area (TPSA) is 52.0 Å². The quantitative estimate of drug-likeness (QED) is 0.843. The summed E-state index contributed by atoms with van der Waals surface area (Å²) >= 11 is 1.65. The first-order valence-corrected chi connectivity index (χ1v) is 5.48. The molecule has 0 fully saturated rings. The van der Waals surface area contributed by atoms with E-state index < -0.39 is 0 Å². The minimum Gasteiger partial charge on any atom is -0.367 e. The summed E-state index contributed by atoms with van der Waals surface area (Å²) in [6.07, 6.45) is 1.96. The lowest BCUT2D eigenvalue weighted by atomic mass is 10.1. The molecule has 0 radical (unpaired) electrons. The Morgan fingerprint density at radius 1 is 1.57 bits per heavy atom. The summed E-state index contributed by atoms with van der Waals surface area (Å²) in [6, 6.07) is 4.04. The van der Waals surface area contributed by atoms with Crippen LogP contribution in [-0.4, -0.2) is 5.16 Å². The molecule has 4 heteroatoms. The van der Waals surface area contributed by atoms with Gasteiger partial charge in [-0.15, -0.1) is 11.3 Å². The largest absolute Gasteiger partial charge is 0.367 e. The number of anilines is 1. The number of rotatable bonds is 3. The van der Waals surface area contributed by atoms with Crippen LogP contribution in [0.4, 0.5) is 5.88 Å². The standard InChI is InChI=1S/C10H12N2OS/c1-2-4-7-9(10(11)13-12-7)8-5-3-6-14-8/h3,5-6H,2,4,11H2,1H3. The van der Waals surface area contributed by atoms with Crippen molar-refractivity contribution < 1.29 is 4.52 Å². The number of thiophene rings is 1. The molecule has 3 nitrogen and oxygen atoms in total. The van der Waals surface area contributed by atoms with Crippen molar-refractivity contribution in [1.29, 1.82) is 0 Å². The molecule has 2 aromatic heterocycles. The van der Waals surface area contributed by atoms with Gasteiger partial charge in [-0.2, -0.15) is 0 Å². The highest BCUT2D eigenvalue weighted by molar-refractivity contribution is 7.13. The number of nitrogen functional groups attached to an aromatic ring is 1. The van der Waals surface area contributed by atoms with Crippen molar-refractivity contribution in [3.05, 3.63) is 23.2 Å². The van der Waals surface area contributed by atoms with Gasteiger partial charge in [-0.3, -0.25) is 0 Å². The van der Waals surface area contributed by atoms with Crippen LogP contribution in [0, 0.1) is 0 Å². The maximum Gasteiger partial charge on any atom is 0.231 e. The Bertz CT molecular complexity index is 406. The van der Waals surface area contributed by atoms with Gasteiger partial charge in [-0.25, -0.2) is 0 Å². The second-order valence-electron chi connectivity index (χ2n) is 3.10. The second-order valence-corrected chi connectivity index (χ2v) is 4.04. The molecule has 0 unspecified atom stereocenters. The Morgan fingerprint density at radius 3 is 3.07 bits per heavy atom. The number of hydrogen-bond acceptors (Lipinski definition) is 4. The molecule has 0 saturated heterocycles. The first kappa shape index (κ1) is 9.27. The van der Waals surface area contributed by atoms with Crippen molar-refractivity contribution in [2.45, 2.75) is 19.8 Å². The van der Waals surface area contributed by atoms with Gasteiger partial charge >= 0.3 is 0 Å². The predicted octanol–water partition coefficient (Wildman–Crippen LogP) is 2.94. The molecule has 0 aliphatic rings. The van der Waals surface area contributed by atoms with Gasteiger partial charge in [0.25, 0.3) is 0 Å². The van der Waals surface area contributed by atoms with E-state index in [1.165, 1.54) is 0 Å². The zero-order valence-corrected chi connectivity index (χ0v) is 8.80. The average molecular weight is 208 g/mol. The normalized spacial score (nSPS) is 10.6. The zero-order chi connectivity index (χ0) is 9.97. The number of hydrogen-bond donors (Lipinski definition) is 1. The van der Waals surface area contributed by atoms with Gasteiger partial charge < -0.3 is 10.3 Å². The molecule has 74 valence electrons. The Kier molecular flexibility index (Phi) is 2.54. The van der Waals surface area contributed by atoms with Gasteiger partial charge in [0.2, 0.25) is 5.88 Å². The minimum absolute atomic E-state index is 0.427. The minimum atomic E-state index is 0.427. The first-order chi connectivity index (χ1) is 6.83. The van der Waals surface area contributed by atoms with E-state index in [1.807, 2.05) is 17.5 Å². The van der Waals surface area contributed by atoms with E-state index in [-0.39, 0.29) is 0 Å². The van der Waals surface area contributed by atoms with Crippen LogP contribution in [0.15, 0.2) is 22.0 Å². The summed E-state index contributed by atoms with van der Waals surface area (Å²) in [5.41, 5.74) is 7.68. The van der Waals surface area contributed by atoms with Crippen LogP contribution in [0.25, 0.3) is 10.4 Å². The summed E-state index contributed by atoms with van der Waals surface area (Å²) in [5, 5.41) is 5.99. The highest BCUT2D eigenvalue weighted by Crippen LogP contribution is 2.33. The third-order valence-electron chi connectivity index (χ3n) is 2.04. The van der Waals surface area contributed by atoms with E-state index in [0.717, 1.165) is 29.0 Å². The summed E-state index contributed by atoms with van der Waals surface area (Å²) in [6.45, 7) is 2.11. The molecule has 0 aromatic carbocycles. The molecule has 14 heavy (non-hydrogen) atoms. The van der Waals surface area contributed by atoms with Crippen LogP contribution < -0.4 is 5.73 Å². The third-order valence-corrected chi connectivity index (χ3v) is 2.93. The van der Waals surface area contributed by atoms with Gasteiger partial charge in [-0.05, 0) is 17.9 Å². The highest BCUT2D eigenvalue weighted by atomic mass is 32.1. The lowest BCUT2D eigenvalue weighted by molar-refractivity contribution is 0.427. The third kappa shape index (κ3) is 1.53. The fourth-order valence-electron chi connectivity index (χ4n) is 1.43. The molecule has 2 N–H and O–H groups in total. The van der Waals surface area contributed by atoms with Gasteiger partial charge in [0.05, 0.1) is 11.3 Å². The van der Waals surface area contributed by atoms with E-state index in [2.05, 4.69) is 12.1 Å². The molecule has 0 spiro atoms. The van der Waals surface area contributed by atoms with Crippen LogP contribution >= 0.6 is 11.3 Å². The van der Waals surface area contributed by atoms with Crippen LogP contribution in [0.3, 0.4) is 0 Å². The molecule has 0 saturated carbocycles. The molecule has 2 aromatic rings. The Labute approximate surface area is 86.5 Å². The molecule has 0 bridgehead atoms. The molecular formula is C10H12N2OS. The SMILES string of the molecule is CCCc1noc(N)c1-c1cccs1. The molecule has 0 aliphatic carbocycles. The summed E-state index contributed by atoms with van der Waals surface area (Å²) < 4.78 is 5.01. The van der Waals surface area contributed by atoms with Gasteiger partial charge in [-0.1, -0.05) is 24.6 Å². The highest BCUT2D eigenvalue weighted by Gasteiger charge is 2.15. The molecule has 2 rings (SSSR count). The van der Waals surface area contributed by atoms with Gasteiger partial charge in [0.15, 0.2) is 0 Å². The number of nitrogens with two attached hydrogens (primary N) is 1. The maximum atomic E-state index is 5.74. The van der Waals surface area contributed by atoms with Crippen LogP contribution in [0.5, 0.6) is 0 Å². The molecule has 0 amide bonds. The molecule has 0 aliphatic heterocycles. The smallest absolute Gasteiger partial charge is 0.231 e. The van der Waals surface area contributed by atoms with Crippen LogP contribution in [0.1, 0.15) is 19.0 Å². The van der Waals surface area contributed by atoms with E-state index in [4.69, 9.17) is 10.3 Å². The summed E-state index contributed by atoms with van der Waals surface area (Å²) in [4.78, 5) is 1.13. The lowest BCUT2D eigenvalue weighted by Crippen LogP contribution is -1.88. The van der Waals surface area contributed by atoms with Crippen molar-refractivity contribution >= 4 is 17.2 Å². The van der Waals surface area contributed by atoms with Crippen molar-refractivity contribution in [2.24, 2.45) is 0 Å². The number of nitrogens with zero attached hydrogens (tertiary/aromatic N) is 1. The van der Waals surface area contributed by atoms with Crippen molar-refractivity contribution in [1.82, 2.24) is 5.16 Å². The molecular weight excluding hydrogens is 196 g/mol. The maximum absolute atomic E-state index is 5.74. The van der Waals surface area contributed by atoms with Gasteiger partial charge in [0.1, 0.15) is 0 Å². The van der Waals surface area contributed by atoms with Crippen molar-refractivity contribution in [2.75, 3.05) is 5.73 Å². The summed E-state index contributed by atoms with van der Waals surface area (Å²) in [7, 11) is 0. The van der Waals surface area contributed by atoms with E-state index >= 15 is 0 Å². The van der Waals surface area contributed by atoms with Crippen LogP contribution in [-0.2, 0) is 6.42 Å². The fraction of sp³-hybridized carbons (Fsp3) is 0.300. The lowest BCUT2D eigenvalue weighted by Gasteiger charge is -1.96. The number of aromatic nitrogens is 1. The van der Waals surface area contributed by atoms with Crippen molar-refractivity contribution in [3.63, 3.8) is 0 Å². The van der Waals surface area contributed by atoms with Crippen LogP contribution in [0.2, 0.25) is 0 Å². The molecule has 2 heterocycles. The Morgan fingerprint density at radius 2 is 2.43 bits per heavy atom. The average Bonchev–Trinajstić information content (AvgIpc) is 2.76. The molecule has 0 atom stereocenters. The first-order valence-electron chi connectivity index (χ1n) is 4.60. The monoisotopic (exact) mass is 208 g/mol. The Balaban J connectivity index is 2.45. The van der Waals surface area contributed by atoms with Gasteiger partial charge in [0, 0.05) is 4.88 Å². The Hall–Kier alpha value is -1.29. The van der Waals surface area contributed by atoms with Crippen molar-refractivity contribution in [3.8, 4) is 10.4 Å². The zero-order valence-electron chi connectivity index (χ0n) is 7.99.